The summed E-state index contributed by atoms with van der Waals surface area (Å²) in [6, 6.07) is 12.2. The van der Waals surface area contributed by atoms with Crippen molar-refractivity contribution in [3.05, 3.63) is 64.2 Å². The molecular weight excluding hydrogens is 558 g/mol. The highest BCUT2D eigenvalue weighted by Gasteiger charge is 2.45. The summed E-state index contributed by atoms with van der Waals surface area (Å²) in [7, 11) is 0. The number of ketones is 1. The minimum absolute atomic E-state index is 0.0316. The number of hydrogen-bond acceptors (Lipinski definition) is 6. The van der Waals surface area contributed by atoms with Crippen LogP contribution in [0.1, 0.15) is 77.0 Å². The minimum Gasteiger partial charge on any atom is -0.444 e. The Balaban J connectivity index is 1.39. The molecule has 226 valence electrons. The van der Waals surface area contributed by atoms with E-state index in [2.05, 4.69) is 5.32 Å². The van der Waals surface area contributed by atoms with Gasteiger partial charge in [0, 0.05) is 31.1 Å². The Morgan fingerprint density at radius 3 is 2.29 bits per heavy atom. The van der Waals surface area contributed by atoms with Gasteiger partial charge in [-0.25, -0.2) is 9.59 Å². The van der Waals surface area contributed by atoms with Crippen LogP contribution < -0.4 is 10.2 Å². The average Bonchev–Trinajstić information content (AvgIpc) is 3.24. The van der Waals surface area contributed by atoms with Crippen molar-refractivity contribution in [1.29, 1.82) is 0 Å². The SMILES string of the molecule is CC(C)(C)OC(=O)NCc1ccc(Cl)cc1CCC(=O)[C@@H]1CCN1C(=O)C1CN(C(=O)OC(C)(C)C)c2ccccc21. The zero-order chi connectivity index (χ0) is 30.8. The van der Waals surface area contributed by atoms with E-state index >= 15 is 0 Å². The Hall–Kier alpha value is -3.59. The number of aryl methyl sites for hydroxylation is 1. The first-order valence-corrected chi connectivity index (χ1v) is 14.7. The van der Waals surface area contributed by atoms with Crippen LogP contribution in [0.15, 0.2) is 42.5 Å². The molecule has 0 aliphatic carbocycles. The average molecular weight is 598 g/mol. The number of ether oxygens (including phenoxy) is 2. The van der Waals surface area contributed by atoms with Crippen LogP contribution in [0.5, 0.6) is 0 Å². The van der Waals surface area contributed by atoms with Crippen LogP contribution in [-0.2, 0) is 32.0 Å². The van der Waals surface area contributed by atoms with Gasteiger partial charge in [-0.1, -0.05) is 35.9 Å². The number of rotatable bonds is 7. The lowest BCUT2D eigenvalue weighted by Gasteiger charge is -2.41. The molecule has 3 amide bonds. The minimum atomic E-state index is -0.669. The van der Waals surface area contributed by atoms with Crippen molar-refractivity contribution in [3.8, 4) is 0 Å². The van der Waals surface area contributed by atoms with Gasteiger partial charge in [0.05, 0.1) is 17.6 Å². The highest BCUT2D eigenvalue weighted by Crippen LogP contribution is 2.39. The first kappa shape index (κ1) is 31.3. The van der Waals surface area contributed by atoms with Crippen molar-refractivity contribution in [1.82, 2.24) is 10.2 Å². The van der Waals surface area contributed by atoms with Crippen molar-refractivity contribution < 1.29 is 28.7 Å². The van der Waals surface area contributed by atoms with Gasteiger partial charge in [0.25, 0.3) is 0 Å². The van der Waals surface area contributed by atoms with Crippen LogP contribution in [0.3, 0.4) is 0 Å². The van der Waals surface area contributed by atoms with Gasteiger partial charge in [-0.3, -0.25) is 14.5 Å². The Kier molecular flexibility index (Phi) is 9.21. The van der Waals surface area contributed by atoms with E-state index in [0.717, 1.165) is 16.7 Å². The molecule has 42 heavy (non-hydrogen) atoms. The smallest absolute Gasteiger partial charge is 0.414 e. The molecule has 2 aromatic rings. The number of carbonyl (C=O) groups excluding carboxylic acids is 4. The third kappa shape index (κ3) is 7.62. The predicted octanol–water partition coefficient (Wildman–Crippen LogP) is 6.01. The normalized spacial score (nSPS) is 18.2. The standard InChI is InChI=1S/C32H40ClN3O6/c1-31(2,3)41-29(39)34-18-21-11-13-22(33)17-20(21)12-14-27(37)26-15-16-35(26)28(38)24-19-36(30(40)42-32(4,5)6)25-10-8-7-9-23(24)25/h7-11,13,17,24,26H,12,14-16,18-19H2,1-6H3,(H,34,39)/t24?,26-/m0/s1. The van der Waals surface area contributed by atoms with Crippen LogP contribution in [-0.4, -0.2) is 59.1 Å². The first-order chi connectivity index (χ1) is 19.6. The third-order valence-electron chi connectivity index (χ3n) is 7.19. The number of amides is 3. The van der Waals surface area contributed by atoms with Gasteiger partial charge in [0.1, 0.15) is 11.2 Å². The molecule has 10 heteroatoms. The van der Waals surface area contributed by atoms with Gasteiger partial charge in [0.15, 0.2) is 5.78 Å². The van der Waals surface area contributed by atoms with Gasteiger partial charge in [-0.05, 0) is 89.3 Å². The molecule has 4 rings (SSSR count). The summed E-state index contributed by atoms with van der Waals surface area (Å²) in [6.45, 7) is 11.7. The molecule has 2 heterocycles. The molecule has 9 nitrogen and oxygen atoms in total. The van der Waals surface area contributed by atoms with Gasteiger partial charge in [-0.15, -0.1) is 0 Å². The van der Waals surface area contributed by atoms with Crippen molar-refractivity contribution >= 4 is 41.2 Å². The maximum absolute atomic E-state index is 13.7. The lowest BCUT2D eigenvalue weighted by molar-refractivity contribution is -0.147. The largest absolute Gasteiger partial charge is 0.444 e. The number of benzene rings is 2. The van der Waals surface area contributed by atoms with E-state index < -0.39 is 35.3 Å². The lowest BCUT2D eigenvalue weighted by atomic mass is 9.90. The van der Waals surface area contributed by atoms with E-state index in [1.807, 2.05) is 30.3 Å². The Bertz CT molecular complexity index is 1360. The molecule has 1 fully saturated rings. The molecule has 0 radical (unpaired) electrons. The number of hydrogen-bond donors (Lipinski definition) is 1. The van der Waals surface area contributed by atoms with Crippen LogP contribution >= 0.6 is 11.6 Å². The van der Waals surface area contributed by atoms with E-state index in [1.165, 1.54) is 4.90 Å². The molecule has 2 aliphatic rings. The zero-order valence-electron chi connectivity index (χ0n) is 25.2. The summed E-state index contributed by atoms with van der Waals surface area (Å²) in [5.41, 5.74) is 1.82. The van der Waals surface area contributed by atoms with Crippen molar-refractivity contribution in [2.24, 2.45) is 0 Å². The van der Waals surface area contributed by atoms with Crippen LogP contribution in [0, 0.1) is 0 Å². The number of nitrogens with zero attached hydrogens (tertiary/aromatic N) is 2. The second kappa shape index (κ2) is 12.3. The Morgan fingerprint density at radius 1 is 0.952 bits per heavy atom. The lowest BCUT2D eigenvalue weighted by Crippen LogP contribution is -2.56. The summed E-state index contributed by atoms with van der Waals surface area (Å²) in [5, 5.41) is 3.29. The van der Waals surface area contributed by atoms with Crippen molar-refractivity contribution in [3.63, 3.8) is 0 Å². The highest BCUT2D eigenvalue weighted by atomic mass is 35.5. The molecular formula is C32H40ClN3O6. The topological polar surface area (TPSA) is 105 Å². The molecule has 0 aromatic heterocycles. The number of halogens is 1. The number of fused-ring (bicyclic) bond motifs is 1. The number of para-hydroxylation sites is 1. The molecule has 0 bridgehead atoms. The van der Waals surface area contributed by atoms with Gasteiger partial charge < -0.3 is 19.7 Å². The van der Waals surface area contributed by atoms with Gasteiger partial charge >= 0.3 is 12.2 Å². The maximum Gasteiger partial charge on any atom is 0.414 e. The van der Waals surface area contributed by atoms with Crippen molar-refractivity contribution in [2.45, 2.75) is 90.5 Å². The highest BCUT2D eigenvalue weighted by molar-refractivity contribution is 6.30. The molecule has 2 atom stereocenters. The Morgan fingerprint density at radius 2 is 1.64 bits per heavy atom. The number of likely N-dealkylation sites (tertiary alicyclic amines) is 1. The molecule has 1 N–H and O–H groups in total. The molecule has 2 aliphatic heterocycles. The molecule has 2 aromatic carbocycles. The number of carbonyl (C=O) groups is 4. The van der Waals surface area contributed by atoms with Crippen LogP contribution in [0.4, 0.5) is 15.3 Å². The second-order valence-electron chi connectivity index (χ2n) is 12.8. The fourth-order valence-electron chi connectivity index (χ4n) is 5.20. The van der Waals surface area contributed by atoms with Crippen LogP contribution in [0.2, 0.25) is 5.02 Å². The fourth-order valence-corrected chi connectivity index (χ4v) is 5.39. The van der Waals surface area contributed by atoms with Gasteiger partial charge in [-0.2, -0.15) is 0 Å². The third-order valence-corrected chi connectivity index (χ3v) is 7.42. The second-order valence-corrected chi connectivity index (χ2v) is 13.2. The fraction of sp³-hybridized carbons (Fsp3) is 0.500. The summed E-state index contributed by atoms with van der Waals surface area (Å²) in [5.74, 6) is -0.762. The number of Topliss-reactive ketones (excluding diaryl/α,β-unsaturated/α-hetero) is 1. The van der Waals surface area contributed by atoms with Gasteiger partial charge in [0.2, 0.25) is 5.91 Å². The predicted molar refractivity (Wildman–Crippen MR) is 161 cm³/mol. The van der Waals surface area contributed by atoms with Crippen LogP contribution in [0.25, 0.3) is 0 Å². The van der Waals surface area contributed by atoms with E-state index in [4.69, 9.17) is 21.1 Å². The maximum atomic E-state index is 13.7. The van der Waals surface area contributed by atoms with E-state index in [1.54, 1.807) is 58.6 Å². The molecule has 1 saturated heterocycles. The summed E-state index contributed by atoms with van der Waals surface area (Å²) in [4.78, 5) is 55.2. The monoisotopic (exact) mass is 597 g/mol. The first-order valence-electron chi connectivity index (χ1n) is 14.3. The van der Waals surface area contributed by atoms with E-state index in [9.17, 15) is 19.2 Å². The van der Waals surface area contributed by atoms with Crippen molar-refractivity contribution in [2.75, 3.05) is 18.0 Å². The zero-order valence-corrected chi connectivity index (χ0v) is 25.9. The number of anilines is 1. The molecule has 1 unspecified atom stereocenters. The van der Waals surface area contributed by atoms with E-state index in [-0.39, 0.29) is 31.2 Å². The summed E-state index contributed by atoms with van der Waals surface area (Å²) in [6.07, 6.45) is 0.209. The number of nitrogens with one attached hydrogen (secondary N) is 1. The van der Waals surface area contributed by atoms with E-state index in [0.29, 0.717) is 30.1 Å². The molecule has 0 spiro atoms. The summed E-state index contributed by atoms with van der Waals surface area (Å²) < 4.78 is 10.9. The summed E-state index contributed by atoms with van der Waals surface area (Å²) >= 11 is 6.24. The quantitative estimate of drug-likeness (QED) is 0.419. The Labute approximate surface area is 252 Å². The molecule has 0 saturated carbocycles. The number of alkyl carbamates (subject to hydrolysis) is 1.